The van der Waals surface area contributed by atoms with E-state index < -0.39 is 0 Å². The molecule has 0 bridgehead atoms. The minimum atomic E-state index is 0.629. The molecule has 4 rings (SSSR count). The molecule has 1 aromatic heterocycles. The van der Waals surface area contributed by atoms with E-state index >= 15 is 0 Å². The first-order chi connectivity index (χ1) is 13.7. The Hall–Kier alpha value is -3.59. The third-order valence-electron chi connectivity index (χ3n) is 4.74. The van der Waals surface area contributed by atoms with Crippen LogP contribution in [0, 0.1) is 18.3 Å². The van der Waals surface area contributed by atoms with Gasteiger partial charge in [-0.3, -0.25) is 0 Å². The topological polar surface area (TPSA) is 76.9 Å². The second-order valence-corrected chi connectivity index (χ2v) is 6.87. The van der Waals surface area contributed by atoms with E-state index in [0.717, 1.165) is 30.3 Å². The molecule has 1 fully saturated rings. The second kappa shape index (κ2) is 7.97. The maximum atomic E-state index is 8.91. The first-order valence-electron chi connectivity index (χ1n) is 9.44. The van der Waals surface area contributed by atoms with Crippen molar-refractivity contribution in [3.05, 3.63) is 66.0 Å². The van der Waals surface area contributed by atoms with Crippen LogP contribution in [0.5, 0.6) is 0 Å². The van der Waals surface area contributed by atoms with Gasteiger partial charge in [-0.1, -0.05) is 0 Å². The van der Waals surface area contributed by atoms with Crippen molar-refractivity contribution >= 4 is 28.7 Å². The Bertz CT molecular complexity index is 983. The largest absolute Gasteiger partial charge is 0.372 e. The molecule has 140 valence electrons. The van der Waals surface area contributed by atoms with E-state index in [1.807, 2.05) is 25.1 Å². The maximum absolute atomic E-state index is 8.91. The van der Waals surface area contributed by atoms with Gasteiger partial charge in [0.25, 0.3) is 0 Å². The molecule has 1 saturated heterocycles. The first kappa shape index (κ1) is 17.8. The standard InChI is InChI=1S/C22H22N6/c1-16-24-21(26-18-6-4-17(15-23)5-7-18)14-22(25-16)27-19-8-10-20(11-9-19)28-12-2-3-13-28/h4-11,14H,2-3,12-13H2,1H3,(H2,24,25,26,27). The van der Waals surface area contributed by atoms with Gasteiger partial charge in [-0.15, -0.1) is 0 Å². The third-order valence-corrected chi connectivity index (χ3v) is 4.74. The van der Waals surface area contributed by atoms with Gasteiger partial charge in [0.2, 0.25) is 0 Å². The molecule has 2 heterocycles. The highest BCUT2D eigenvalue weighted by molar-refractivity contribution is 5.65. The molecule has 1 aliphatic heterocycles. The van der Waals surface area contributed by atoms with Crippen molar-refractivity contribution in [1.29, 1.82) is 5.26 Å². The summed E-state index contributed by atoms with van der Waals surface area (Å²) < 4.78 is 0. The summed E-state index contributed by atoms with van der Waals surface area (Å²) in [5.74, 6) is 2.11. The van der Waals surface area contributed by atoms with Gasteiger partial charge in [-0.2, -0.15) is 5.26 Å². The van der Waals surface area contributed by atoms with Crippen LogP contribution in [0.15, 0.2) is 54.6 Å². The average molecular weight is 370 g/mol. The number of nitrogens with zero attached hydrogens (tertiary/aromatic N) is 4. The monoisotopic (exact) mass is 370 g/mol. The fraction of sp³-hybridized carbons (Fsp3) is 0.227. The number of hydrogen-bond acceptors (Lipinski definition) is 6. The molecular weight excluding hydrogens is 348 g/mol. The lowest BCUT2D eigenvalue weighted by molar-refractivity contribution is 0.949. The summed E-state index contributed by atoms with van der Waals surface area (Å²) in [7, 11) is 0. The SMILES string of the molecule is Cc1nc(Nc2ccc(C#N)cc2)cc(Nc2ccc(N3CCCC3)cc2)n1. The molecule has 2 aromatic carbocycles. The predicted molar refractivity (Wildman–Crippen MR) is 112 cm³/mol. The van der Waals surface area contributed by atoms with Crippen LogP contribution in [0.25, 0.3) is 0 Å². The third kappa shape index (κ3) is 4.21. The van der Waals surface area contributed by atoms with Crippen molar-refractivity contribution in [3.63, 3.8) is 0 Å². The molecule has 0 unspecified atom stereocenters. The summed E-state index contributed by atoms with van der Waals surface area (Å²) in [4.78, 5) is 11.3. The Morgan fingerprint density at radius 1 is 0.857 bits per heavy atom. The number of aryl methyl sites for hydroxylation is 1. The van der Waals surface area contributed by atoms with Crippen molar-refractivity contribution in [2.75, 3.05) is 28.6 Å². The first-order valence-corrected chi connectivity index (χ1v) is 9.44. The summed E-state index contributed by atoms with van der Waals surface area (Å²) in [6, 6.07) is 19.7. The molecule has 0 atom stereocenters. The zero-order valence-electron chi connectivity index (χ0n) is 15.8. The quantitative estimate of drug-likeness (QED) is 0.675. The van der Waals surface area contributed by atoms with Crippen molar-refractivity contribution < 1.29 is 0 Å². The van der Waals surface area contributed by atoms with Crippen LogP contribution in [-0.2, 0) is 0 Å². The Morgan fingerprint density at radius 3 is 1.93 bits per heavy atom. The summed E-state index contributed by atoms with van der Waals surface area (Å²) in [6.45, 7) is 4.15. The molecule has 0 radical (unpaired) electrons. The molecular formula is C22H22N6. The fourth-order valence-electron chi connectivity index (χ4n) is 3.35. The summed E-state index contributed by atoms with van der Waals surface area (Å²) in [5, 5.41) is 15.5. The zero-order valence-corrected chi connectivity index (χ0v) is 15.8. The van der Waals surface area contributed by atoms with E-state index in [0.29, 0.717) is 17.2 Å². The predicted octanol–water partition coefficient (Wildman–Crippen LogP) is 4.74. The Balaban J connectivity index is 1.47. The molecule has 28 heavy (non-hydrogen) atoms. The van der Waals surface area contributed by atoms with Gasteiger partial charge < -0.3 is 15.5 Å². The zero-order chi connectivity index (χ0) is 19.3. The van der Waals surface area contributed by atoms with Crippen LogP contribution in [0.1, 0.15) is 24.2 Å². The van der Waals surface area contributed by atoms with Crippen molar-refractivity contribution in [2.45, 2.75) is 19.8 Å². The number of anilines is 5. The maximum Gasteiger partial charge on any atom is 0.136 e. The lowest BCUT2D eigenvalue weighted by atomic mass is 10.2. The van der Waals surface area contributed by atoms with E-state index in [1.165, 1.54) is 18.5 Å². The van der Waals surface area contributed by atoms with Gasteiger partial charge in [0, 0.05) is 36.2 Å². The van der Waals surface area contributed by atoms with Gasteiger partial charge in [0.15, 0.2) is 0 Å². The summed E-state index contributed by atoms with van der Waals surface area (Å²) in [5.41, 5.74) is 3.76. The molecule has 2 N–H and O–H groups in total. The molecule has 0 spiro atoms. The lowest BCUT2D eigenvalue weighted by Gasteiger charge is -2.18. The van der Waals surface area contributed by atoms with Gasteiger partial charge in [0.05, 0.1) is 11.6 Å². The van der Waals surface area contributed by atoms with Crippen molar-refractivity contribution in [2.24, 2.45) is 0 Å². The number of rotatable bonds is 5. The number of benzene rings is 2. The normalized spacial score (nSPS) is 13.2. The van der Waals surface area contributed by atoms with Gasteiger partial charge in [-0.25, -0.2) is 9.97 Å². The minimum absolute atomic E-state index is 0.629. The highest BCUT2D eigenvalue weighted by Crippen LogP contribution is 2.25. The second-order valence-electron chi connectivity index (χ2n) is 6.87. The summed E-state index contributed by atoms with van der Waals surface area (Å²) >= 11 is 0. The molecule has 0 amide bonds. The smallest absolute Gasteiger partial charge is 0.136 e. The molecule has 6 nitrogen and oxygen atoms in total. The van der Waals surface area contributed by atoms with Crippen LogP contribution in [0.3, 0.4) is 0 Å². The Morgan fingerprint density at radius 2 is 1.39 bits per heavy atom. The van der Waals surface area contributed by atoms with E-state index in [9.17, 15) is 0 Å². The van der Waals surface area contributed by atoms with Gasteiger partial charge in [0.1, 0.15) is 17.5 Å². The molecule has 0 aliphatic carbocycles. The highest BCUT2D eigenvalue weighted by Gasteiger charge is 2.12. The molecule has 6 heteroatoms. The van der Waals surface area contributed by atoms with Crippen LogP contribution >= 0.6 is 0 Å². The van der Waals surface area contributed by atoms with Gasteiger partial charge >= 0.3 is 0 Å². The number of aromatic nitrogens is 2. The van der Waals surface area contributed by atoms with E-state index in [1.54, 1.807) is 12.1 Å². The molecule has 1 aliphatic rings. The minimum Gasteiger partial charge on any atom is -0.372 e. The average Bonchev–Trinajstić information content (AvgIpc) is 3.23. The molecule has 3 aromatic rings. The number of nitriles is 1. The molecule has 0 saturated carbocycles. The van der Waals surface area contributed by atoms with Crippen LogP contribution in [0.4, 0.5) is 28.7 Å². The van der Waals surface area contributed by atoms with E-state index in [2.05, 4.69) is 55.8 Å². The van der Waals surface area contributed by atoms with E-state index in [4.69, 9.17) is 5.26 Å². The van der Waals surface area contributed by atoms with Gasteiger partial charge in [-0.05, 0) is 68.3 Å². The summed E-state index contributed by atoms with van der Waals surface area (Å²) in [6.07, 6.45) is 2.55. The Kier molecular flexibility index (Phi) is 5.07. The van der Waals surface area contributed by atoms with Crippen LogP contribution in [0.2, 0.25) is 0 Å². The van der Waals surface area contributed by atoms with Crippen molar-refractivity contribution in [3.8, 4) is 6.07 Å². The highest BCUT2D eigenvalue weighted by atomic mass is 15.1. The Labute approximate surface area is 164 Å². The number of hydrogen-bond donors (Lipinski definition) is 2. The van der Waals surface area contributed by atoms with Crippen LogP contribution < -0.4 is 15.5 Å². The van der Waals surface area contributed by atoms with E-state index in [-0.39, 0.29) is 0 Å². The number of nitrogens with one attached hydrogen (secondary N) is 2. The fourth-order valence-corrected chi connectivity index (χ4v) is 3.35. The lowest BCUT2D eigenvalue weighted by Crippen LogP contribution is -2.17. The van der Waals surface area contributed by atoms with Crippen LogP contribution in [-0.4, -0.2) is 23.1 Å². The van der Waals surface area contributed by atoms with Crippen molar-refractivity contribution in [1.82, 2.24) is 9.97 Å².